The predicted molar refractivity (Wildman–Crippen MR) is 106 cm³/mol. The van der Waals surface area contributed by atoms with E-state index < -0.39 is 0 Å². The minimum Gasteiger partial charge on any atom is -0.494 e. The summed E-state index contributed by atoms with van der Waals surface area (Å²) in [5, 5.41) is 6.50. The average Bonchev–Trinajstić information content (AvgIpc) is 2.69. The van der Waals surface area contributed by atoms with Gasteiger partial charge in [0, 0.05) is 29.6 Å². The first-order valence-corrected chi connectivity index (χ1v) is 8.87. The Morgan fingerprint density at radius 1 is 1.07 bits per heavy atom. The highest BCUT2D eigenvalue weighted by atomic mass is 35.5. The summed E-state index contributed by atoms with van der Waals surface area (Å²) in [6, 6.07) is 14.8. The fraction of sp³-hybridized carbons (Fsp3) is 0.150. The Hall–Kier alpha value is -3.12. The van der Waals surface area contributed by atoms with Gasteiger partial charge in [0.1, 0.15) is 5.75 Å². The Labute approximate surface area is 162 Å². The van der Waals surface area contributed by atoms with Crippen molar-refractivity contribution in [1.82, 2.24) is 15.3 Å². The normalized spacial score (nSPS) is 10.3. The molecule has 1 amide bonds. The molecule has 7 heteroatoms. The van der Waals surface area contributed by atoms with Crippen LogP contribution >= 0.6 is 11.6 Å². The van der Waals surface area contributed by atoms with Crippen LogP contribution in [-0.4, -0.2) is 22.5 Å². The molecular weight excluding hydrogens is 364 g/mol. The number of aromatic nitrogens is 2. The number of carbonyl (C=O) groups excluding carboxylic acids is 1. The number of nitrogens with zero attached hydrogens (tertiary/aromatic N) is 2. The molecule has 0 bridgehead atoms. The van der Waals surface area contributed by atoms with Gasteiger partial charge >= 0.3 is 0 Å². The second-order valence-electron chi connectivity index (χ2n) is 5.65. The summed E-state index contributed by atoms with van der Waals surface area (Å²) >= 11 is 6.09. The summed E-state index contributed by atoms with van der Waals surface area (Å²) in [7, 11) is 0. The van der Waals surface area contributed by atoms with Crippen LogP contribution in [0.15, 0.2) is 60.9 Å². The van der Waals surface area contributed by atoms with Crippen LogP contribution in [0.3, 0.4) is 0 Å². The molecule has 0 saturated heterocycles. The number of hydrogen-bond donors (Lipinski definition) is 2. The van der Waals surface area contributed by atoms with Crippen LogP contribution in [0.4, 0.5) is 11.6 Å². The molecule has 0 aliphatic rings. The third-order valence-corrected chi connectivity index (χ3v) is 4.10. The molecule has 3 aromatic rings. The maximum Gasteiger partial charge on any atom is 0.254 e. The summed E-state index contributed by atoms with van der Waals surface area (Å²) < 4.78 is 5.40. The molecule has 0 unspecified atom stereocenters. The Balaban J connectivity index is 1.57. The van der Waals surface area contributed by atoms with E-state index in [1.54, 1.807) is 6.07 Å². The molecule has 0 fully saturated rings. The van der Waals surface area contributed by atoms with Crippen LogP contribution in [0, 0.1) is 0 Å². The molecule has 0 aliphatic carbocycles. The number of benzene rings is 2. The molecule has 27 heavy (non-hydrogen) atoms. The van der Waals surface area contributed by atoms with Gasteiger partial charge < -0.3 is 15.4 Å². The average molecular weight is 383 g/mol. The Bertz CT molecular complexity index is 899. The second kappa shape index (κ2) is 9.00. The van der Waals surface area contributed by atoms with Crippen molar-refractivity contribution in [1.29, 1.82) is 0 Å². The smallest absolute Gasteiger partial charge is 0.254 e. The molecule has 0 atom stereocenters. The summed E-state index contributed by atoms with van der Waals surface area (Å²) in [5.41, 5.74) is 2.05. The lowest BCUT2D eigenvalue weighted by molar-refractivity contribution is 0.0950. The quantitative estimate of drug-likeness (QED) is 0.640. The zero-order valence-electron chi connectivity index (χ0n) is 14.8. The molecule has 1 aromatic heterocycles. The molecule has 2 aromatic carbocycles. The molecule has 3 rings (SSSR count). The molecule has 0 radical (unpaired) electrons. The lowest BCUT2D eigenvalue weighted by Gasteiger charge is -2.08. The minimum absolute atomic E-state index is 0.262. The van der Waals surface area contributed by atoms with Crippen molar-refractivity contribution in [2.75, 3.05) is 11.9 Å². The van der Waals surface area contributed by atoms with Crippen LogP contribution in [0.5, 0.6) is 5.75 Å². The van der Waals surface area contributed by atoms with Gasteiger partial charge in [-0.3, -0.25) is 4.79 Å². The van der Waals surface area contributed by atoms with Crippen LogP contribution < -0.4 is 15.4 Å². The fourth-order valence-electron chi connectivity index (χ4n) is 2.36. The Kier molecular flexibility index (Phi) is 6.22. The minimum atomic E-state index is -0.262. The molecule has 2 N–H and O–H groups in total. The fourth-order valence-corrected chi connectivity index (χ4v) is 2.56. The summed E-state index contributed by atoms with van der Waals surface area (Å²) in [6.07, 6.45) is 2.96. The van der Waals surface area contributed by atoms with E-state index in [1.165, 1.54) is 12.4 Å². The van der Waals surface area contributed by atoms with Crippen LogP contribution in [-0.2, 0) is 6.54 Å². The van der Waals surface area contributed by atoms with Gasteiger partial charge in [-0.05, 0) is 42.8 Å². The van der Waals surface area contributed by atoms with Crippen molar-refractivity contribution in [3.63, 3.8) is 0 Å². The summed E-state index contributed by atoms with van der Waals surface area (Å²) in [5.74, 6) is 0.943. The van der Waals surface area contributed by atoms with Gasteiger partial charge in [-0.15, -0.1) is 0 Å². The first-order chi connectivity index (χ1) is 13.2. The predicted octanol–water partition coefficient (Wildman–Crippen LogP) is 4.20. The van der Waals surface area contributed by atoms with Crippen LogP contribution in [0.25, 0.3) is 0 Å². The van der Waals surface area contributed by atoms with Crippen molar-refractivity contribution < 1.29 is 9.53 Å². The highest BCUT2D eigenvalue weighted by Gasteiger charge is 2.08. The standard InChI is InChI=1S/C20H19ClN4O2/c1-2-27-17-9-7-16(8-10-17)25-20-23-12-15(13-24-20)19(26)22-11-14-5-3-4-6-18(14)21/h3-10,12-13H,2,11H2,1H3,(H,22,26)(H,23,24,25). The summed E-state index contributed by atoms with van der Waals surface area (Å²) in [6.45, 7) is 2.90. The molecule has 138 valence electrons. The van der Waals surface area contributed by atoms with Gasteiger partial charge in [0.2, 0.25) is 5.95 Å². The highest BCUT2D eigenvalue weighted by Crippen LogP contribution is 2.18. The Morgan fingerprint density at radius 3 is 2.44 bits per heavy atom. The van der Waals surface area contributed by atoms with Gasteiger partial charge in [0.15, 0.2) is 0 Å². The zero-order valence-corrected chi connectivity index (χ0v) is 15.5. The van der Waals surface area contributed by atoms with Gasteiger partial charge in [-0.2, -0.15) is 0 Å². The zero-order chi connectivity index (χ0) is 19.1. The van der Waals surface area contributed by atoms with Crippen molar-refractivity contribution in [2.24, 2.45) is 0 Å². The van der Waals surface area contributed by atoms with E-state index in [2.05, 4.69) is 20.6 Å². The molecule has 0 aliphatic heterocycles. The van der Waals surface area contributed by atoms with Crippen molar-refractivity contribution >= 4 is 29.1 Å². The van der Waals surface area contributed by atoms with Crippen molar-refractivity contribution in [2.45, 2.75) is 13.5 Å². The van der Waals surface area contributed by atoms with E-state index in [0.29, 0.717) is 29.7 Å². The lowest BCUT2D eigenvalue weighted by Crippen LogP contribution is -2.23. The molecule has 0 saturated carbocycles. The lowest BCUT2D eigenvalue weighted by atomic mass is 10.2. The van der Waals surface area contributed by atoms with Gasteiger partial charge in [-0.1, -0.05) is 29.8 Å². The second-order valence-corrected chi connectivity index (χ2v) is 6.06. The van der Waals surface area contributed by atoms with Crippen LogP contribution in [0.2, 0.25) is 5.02 Å². The third kappa shape index (κ3) is 5.18. The number of ether oxygens (including phenoxy) is 1. The van der Waals surface area contributed by atoms with E-state index in [9.17, 15) is 4.79 Å². The number of nitrogens with one attached hydrogen (secondary N) is 2. The first kappa shape index (κ1) is 18.7. The molecule has 0 spiro atoms. The van der Waals surface area contributed by atoms with Gasteiger partial charge in [0.05, 0.1) is 12.2 Å². The van der Waals surface area contributed by atoms with E-state index >= 15 is 0 Å². The van der Waals surface area contributed by atoms with Crippen LogP contribution in [0.1, 0.15) is 22.8 Å². The first-order valence-electron chi connectivity index (χ1n) is 8.49. The SMILES string of the molecule is CCOc1ccc(Nc2ncc(C(=O)NCc3ccccc3Cl)cn2)cc1. The number of rotatable bonds is 7. The highest BCUT2D eigenvalue weighted by molar-refractivity contribution is 6.31. The summed E-state index contributed by atoms with van der Waals surface area (Å²) in [4.78, 5) is 20.6. The number of amides is 1. The number of carbonyl (C=O) groups is 1. The molecule has 1 heterocycles. The van der Waals surface area contributed by atoms with Crippen molar-refractivity contribution in [3.8, 4) is 5.75 Å². The van der Waals surface area contributed by atoms with E-state index in [-0.39, 0.29) is 5.91 Å². The number of anilines is 2. The maximum atomic E-state index is 12.2. The monoisotopic (exact) mass is 382 g/mol. The topological polar surface area (TPSA) is 76.1 Å². The van der Waals surface area contributed by atoms with Gasteiger partial charge in [0.25, 0.3) is 5.91 Å². The third-order valence-electron chi connectivity index (χ3n) is 3.73. The van der Waals surface area contributed by atoms with E-state index in [0.717, 1.165) is 17.0 Å². The van der Waals surface area contributed by atoms with Gasteiger partial charge in [-0.25, -0.2) is 9.97 Å². The van der Waals surface area contributed by atoms with Crippen molar-refractivity contribution in [3.05, 3.63) is 77.1 Å². The Morgan fingerprint density at radius 2 is 1.78 bits per heavy atom. The largest absolute Gasteiger partial charge is 0.494 e. The van der Waals surface area contributed by atoms with E-state index in [1.807, 2.05) is 49.4 Å². The number of hydrogen-bond acceptors (Lipinski definition) is 5. The van der Waals surface area contributed by atoms with E-state index in [4.69, 9.17) is 16.3 Å². The number of halogens is 1. The molecular formula is C20H19ClN4O2. The molecule has 6 nitrogen and oxygen atoms in total. The maximum absolute atomic E-state index is 12.2.